The third-order valence-corrected chi connectivity index (χ3v) is 3.64. The molecule has 3 N–H and O–H groups in total. The average molecular weight is 200 g/mol. The van der Waals surface area contributed by atoms with Crippen LogP contribution in [0.2, 0.25) is 0 Å². The van der Waals surface area contributed by atoms with E-state index in [0.29, 0.717) is 0 Å². The van der Waals surface area contributed by atoms with Gasteiger partial charge in [-0.1, -0.05) is 6.92 Å². The van der Waals surface area contributed by atoms with Gasteiger partial charge in [-0.25, -0.2) is 0 Å². The van der Waals surface area contributed by atoms with Crippen LogP contribution in [0.25, 0.3) is 0 Å². The Morgan fingerprint density at radius 1 is 1.57 bits per heavy atom. The highest BCUT2D eigenvalue weighted by molar-refractivity contribution is 5.77. The number of primary amides is 1. The zero-order valence-electron chi connectivity index (χ0n) is 8.99. The SMILES string of the molecule is CC(C(N)=O)C1(CO)CCN(C)CC1. The number of aliphatic hydroxyl groups excluding tert-OH is 1. The van der Waals surface area contributed by atoms with Crippen molar-refractivity contribution in [3.05, 3.63) is 0 Å². The molecule has 1 amide bonds. The van der Waals surface area contributed by atoms with Crippen molar-refractivity contribution in [1.29, 1.82) is 0 Å². The smallest absolute Gasteiger partial charge is 0.220 e. The molecule has 0 aromatic heterocycles. The fraction of sp³-hybridized carbons (Fsp3) is 0.900. The Morgan fingerprint density at radius 3 is 2.43 bits per heavy atom. The third kappa shape index (κ3) is 2.07. The molecule has 4 nitrogen and oxygen atoms in total. The van der Waals surface area contributed by atoms with E-state index in [1.54, 1.807) is 0 Å². The van der Waals surface area contributed by atoms with Crippen molar-refractivity contribution in [1.82, 2.24) is 4.90 Å². The molecule has 1 unspecified atom stereocenters. The number of rotatable bonds is 3. The van der Waals surface area contributed by atoms with Gasteiger partial charge in [-0.2, -0.15) is 0 Å². The molecule has 0 saturated carbocycles. The summed E-state index contributed by atoms with van der Waals surface area (Å²) in [5.41, 5.74) is 5.02. The van der Waals surface area contributed by atoms with Crippen molar-refractivity contribution < 1.29 is 9.90 Å². The van der Waals surface area contributed by atoms with Crippen LogP contribution >= 0.6 is 0 Å². The highest BCUT2D eigenvalue weighted by Crippen LogP contribution is 2.37. The van der Waals surface area contributed by atoms with Crippen molar-refractivity contribution in [2.45, 2.75) is 19.8 Å². The number of nitrogens with zero attached hydrogens (tertiary/aromatic N) is 1. The van der Waals surface area contributed by atoms with Gasteiger partial charge in [-0.3, -0.25) is 4.79 Å². The minimum atomic E-state index is -0.302. The lowest BCUT2D eigenvalue weighted by molar-refractivity contribution is -0.128. The zero-order valence-corrected chi connectivity index (χ0v) is 8.99. The van der Waals surface area contributed by atoms with Crippen molar-refractivity contribution in [3.63, 3.8) is 0 Å². The van der Waals surface area contributed by atoms with Gasteiger partial charge in [0.25, 0.3) is 0 Å². The van der Waals surface area contributed by atoms with E-state index >= 15 is 0 Å². The molecule has 1 aliphatic heterocycles. The number of hydrogen-bond acceptors (Lipinski definition) is 3. The third-order valence-electron chi connectivity index (χ3n) is 3.64. The fourth-order valence-corrected chi connectivity index (χ4v) is 2.09. The minimum Gasteiger partial charge on any atom is -0.396 e. The van der Waals surface area contributed by atoms with Crippen molar-refractivity contribution >= 4 is 5.91 Å². The summed E-state index contributed by atoms with van der Waals surface area (Å²) in [4.78, 5) is 13.4. The number of likely N-dealkylation sites (tertiary alicyclic amines) is 1. The quantitative estimate of drug-likeness (QED) is 0.663. The van der Waals surface area contributed by atoms with Crippen LogP contribution < -0.4 is 5.73 Å². The Morgan fingerprint density at radius 2 is 2.07 bits per heavy atom. The van der Waals surface area contributed by atoms with Crippen molar-refractivity contribution in [2.75, 3.05) is 26.7 Å². The van der Waals surface area contributed by atoms with E-state index in [2.05, 4.69) is 11.9 Å². The maximum absolute atomic E-state index is 11.1. The van der Waals surface area contributed by atoms with Gasteiger partial charge < -0.3 is 15.7 Å². The van der Waals surface area contributed by atoms with Gasteiger partial charge in [0.2, 0.25) is 5.91 Å². The highest BCUT2D eigenvalue weighted by atomic mass is 16.3. The van der Waals surface area contributed by atoms with Gasteiger partial charge in [0.05, 0.1) is 0 Å². The monoisotopic (exact) mass is 200 g/mol. The summed E-state index contributed by atoms with van der Waals surface area (Å²) in [6.07, 6.45) is 1.70. The molecule has 0 bridgehead atoms. The number of aliphatic hydroxyl groups is 1. The van der Waals surface area contributed by atoms with Crippen LogP contribution in [0.15, 0.2) is 0 Å². The summed E-state index contributed by atoms with van der Waals surface area (Å²) >= 11 is 0. The van der Waals surface area contributed by atoms with Gasteiger partial charge in [-0.05, 0) is 33.0 Å². The molecular formula is C10H20N2O2. The maximum atomic E-state index is 11.1. The number of amides is 1. The van der Waals surface area contributed by atoms with Crippen molar-refractivity contribution in [2.24, 2.45) is 17.1 Å². The molecule has 1 fully saturated rings. The molecule has 1 atom stereocenters. The molecule has 14 heavy (non-hydrogen) atoms. The van der Waals surface area contributed by atoms with Crippen molar-refractivity contribution in [3.8, 4) is 0 Å². The van der Waals surface area contributed by atoms with Crippen LogP contribution in [-0.2, 0) is 4.79 Å². The van der Waals surface area contributed by atoms with Gasteiger partial charge in [-0.15, -0.1) is 0 Å². The molecule has 4 heteroatoms. The first-order valence-electron chi connectivity index (χ1n) is 5.10. The van der Waals surface area contributed by atoms with Crippen LogP contribution in [0.4, 0.5) is 0 Å². The largest absolute Gasteiger partial charge is 0.396 e. The van der Waals surface area contributed by atoms with E-state index in [1.165, 1.54) is 0 Å². The number of carbonyl (C=O) groups is 1. The molecule has 1 rings (SSSR count). The summed E-state index contributed by atoms with van der Waals surface area (Å²) in [6, 6.07) is 0. The molecule has 1 saturated heterocycles. The molecule has 0 aromatic rings. The number of hydrogen-bond donors (Lipinski definition) is 2. The Bertz CT molecular complexity index is 210. The second-order valence-corrected chi connectivity index (χ2v) is 4.45. The minimum absolute atomic E-state index is 0.0605. The van der Waals surface area contributed by atoms with Gasteiger partial charge in [0.1, 0.15) is 0 Å². The second-order valence-electron chi connectivity index (χ2n) is 4.45. The lowest BCUT2D eigenvalue weighted by Gasteiger charge is -2.42. The van der Waals surface area contributed by atoms with E-state index in [9.17, 15) is 9.90 Å². The van der Waals surface area contributed by atoms with E-state index in [-0.39, 0.29) is 23.8 Å². The first-order valence-corrected chi connectivity index (χ1v) is 5.10. The van der Waals surface area contributed by atoms with E-state index in [1.807, 2.05) is 6.92 Å². The number of piperidine rings is 1. The van der Waals surface area contributed by atoms with E-state index < -0.39 is 0 Å². The summed E-state index contributed by atoms with van der Waals surface area (Å²) in [7, 11) is 2.05. The Kier molecular flexibility index (Phi) is 3.50. The topological polar surface area (TPSA) is 66.6 Å². The second kappa shape index (κ2) is 4.28. The normalized spacial score (nSPS) is 24.5. The number of nitrogens with two attached hydrogens (primary N) is 1. The average Bonchev–Trinajstić information content (AvgIpc) is 2.18. The zero-order chi connectivity index (χ0) is 10.8. The predicted molar refractivity (Wildman–Crippen MR) is 54.6 cm³/mol. The lowest BCUT2D eigenvalue weighted by Crippen LogP contribution is -2.47. The molecule has 0 radical (unpaired) electrons. The molecule has 0 aliphatic carbocycles. The van der Waals surface area contributed by atoms with Crippen LogP contribution in [0.3, 0.4) is 0 Å². The molecule has 0 spiro atoms. The van der Waals surface area contributed by atoms with Gasteiger partial charge in [0, 0.05) is 17.9 Å². The van der Waals surface area contributed by atoms with Crippen LogP contribution in [0.1, 0.15) is 19.8 Å². The van der Waals surface area contributed by atoms with Gasteiger partial charge >= 0.3 is 0 Å². The fourth-order valence-electron chi connectivity index (χ4n) is 2.09. The highest BCUT2D eigenvalue weighted by Gasteiger charge is 2.40. The Labute approximate surface area is 85.1 Å². The summed E-state index contributed by atoms with van der Waals surface area (Å²) < 4.78 is 0. The van der Waals surface area contributed by atoms with Crippen LogP contribution in [0.5, 0.6) is 0 Å². The summed E-state index contributed by atoms with van der Waals surface area (Å²) in [5, 5.41) is 9.42. The van der Waals surface area contributed by atoms with E-state index in [0.717, 1.165) is 25.9 Å². The first-order chi connectivity index (χ1) is 6.52. The summed E-state index contributed by atoms with van der Waals surface area (Å²) in [6.45, 7) is 3.74. The molecule has 1 aliphatic rings. The Balaban J connectivity index is 2.71. The van der Waals surface area contributed by atoms with Crippen LogP contribution in [-0.4, -0.2) is 42.7 Å². The Hall–Kier alpha value is -0.610. The molecule has 1 heterocycles. The molecule has 82 valence electrons. The van der Waals surface area contributed by atoms with Crippen LogP contribution in [0, 0.1) is 11.3 Å². The molecular weight excluding hydrogens is 180 g/mol. The van der Waals surface area contributed by atoms with E-state index in [4.69, 9.17) is 5.73 Å². The maximum Gasteiger partial charge on any atom is 0.220 e. The lowest BCUT2D eigenvalue weighted by atomic mass is 9.69. The summed E-state index contributed by atoms with van der Waals surface area (Å²) in [5.74, 6) is -0.537. The first kappa shape index (κ1) is 11.5. The predicted octanol–water partition coefficient (Wildman–Crippen LogP) is -0.188. The number of carbonyl (C=O) groups excluding carboxylic acids is 1. The molecule has 0 aromatic carbocycles. The van der Waals surface area contributed by atoms with Gasteiger partial charge in [0.15, 0.2) is 0 Å². The standard InChI is InChI=1S/C10H20N2O2/c1-8(9(11)14)10(7-13)3-5-12(2)6-4-10/h8,13H,3-7H2,1-2H3,(H2,11,14).